The molecule has 1 aromatic heterocycles. The molecule has 0 bridgehead atoms. The lowest BCUT2D eigenvalue weighted by Gasteiger charge is -2.06. The first-order valence-corrected chi connectivity index (χ1v) is 5.30. The fraction of sp³-hybridized carbons (Fsp3) is 0.500. The summed E-state index contributed by atoms with van der Waals surface area (Å²) in [7, 11) is 0. The van der Waals surface area contributed by atoms with Crippen LogP contribution in [0.15, 0.2) is 18.3 Å². The largest absolute Gasteiger partial charge is 0.287 e. The van der Waals surface area contributed by atoms with Gasteiger partial charge < -0.3 is 0 Å². The van der Waals surface area contributed by atoms with Crippen molar-refractivity contribution < 1.29 is 4.92 Å². The molecule has 1 atom stereocenters. The van der Waals surface area contributed by atoms with E-state index in [4.69, 9.17) is 11.6 Å². The Morgan fingerprint density at radius 3 is 2.80 bits per heavy atom. The maximum absolute atomic E-state index is 10.4. The highest BCUT2D eigenvalue weighted by molar-refractivity contribution is 6.20. The van der Waals surface area contributed by atoms with Gasteiger partial charge in [-0.15, -0.1) is 11.6 Å². The number of nitro groups is 1. The van der Waals surface area contributed by atoms with Gasteiger partial charge in [0.1, 0.15) is 6.20 Å². The van der Waals surface area contributed by atoms with Crippen LogP contribution in [0.3, 0.4) is 0 Å². The predicted molar refractivity (Wildman–Crippen MR) is 59.1 cm³/mol. The van der Waals surface area contributed by atoms with Crippen molar-refractivity contribution in [1.29, 1.82) is 0 Å². The standard InChI is InChI=1S/C10H13ClN2O2/c1-2-3-8(11)6-9-4-5-10(7-12-9)13(14)15/h4-5,7-8H,2-3,6H2,1H3. The lowest BCUT2D eigenvalue weighted by atomic mass is 10.1. The minimum Gasteiger partial charge on any atom is -0.258 e. The van der Waals surface area contributed by atoms with Gasteiger partial charge in [-0.25, -0.2) is 0 Å². The average molecular weight is 229 g/mol. The number of hydrogen-bond acceptors (Lipinski definition) is 3. The molecule has 0 saturated carbocycles. The molecular weight excluding hydrogens is 216 g/mol. The molecule has 15 heavy (non-hydrogen) atoms. The molecule has 0 aliphatic heterocycles. The van der Waals surface area contributed by atoms with E-state index in [-0.39, 0.29) is 11.1 Å². The Balaban J connectivity index is 2.60. The number of halogens is 1. The topological polar surface area (TPSA) is 56.0 Å². The first-order valence-electron chi connectivity index (χ1n) is 4.87. The molecule has 1 heterocycles. The van der Waals surface area contributed by atoms with Gasteiger partial charge in [0.2, 0.25) is 0 Å². The Hall–Kier alpha value is -1.16. The van der Waals surface area contributed by atoms with E-state index in [2.05, 4.69) is 11.9 Å². The molecule has 82 valence electrons. The summed E-state index contributed by atoms with van der Waals surface area (Å²) in [6, 6.07) is 3.11. The van der Waals surface area contributed by atoms with Crippen molar-refractivity contribution in [1.82, 2.24) is 4.98 Å². The third kappa shape index (κ3) is 3.83. The van der Waals surface area contributed by atoms with E-state index in [0.717, 1.165) is 18.5 Å². The smallest absolute Gasteiger partial charge is 0.258 e. The first kappa shape index (κ1) is 11.9. The van der Waals surface area contributed by atoms with Gasteiger partial charge in [-0.2, -0.15) is 0 Å². The van der Waals surface area contributed by atoms with Crippen LogP contribution in [0.25, 0.3) is 0 Å². The zero-order valence-electron chi connectivity index (χ0n) is 8.52. The number of rotatable bonds is 5. The molecule has 0 aromatic carbocycles. The predicted octanol–water partition coefficient (Wildman–Crippen LogP) is 2.94. The third-order valence-corrected chi connectivity index (χ3v) is 2.42. The van der Waals surface area contributed by atoms with E-state index in [1.54, 1.807) is 6.07 Å². The maximum atomic E-state index is 10.4. The van der Waals surface area contributed by atoms with Gasteiger partial charge in [0.05, 0.1) is 4.92 Å². The molecule has 1 rings (SSSR count). The molecule has 0 saturated heterocycles. The number of hydrogen-bond donors (Lipinski definition) is 0. The summed E-state index contributed by atoms with van der Waals surface area (Å²) in [6.07, 6.45) is 3.89. The van der Waals surface area contributed by atoms with Gasteiger partial charge >= 0.3 is 0 Å². The number of aromatic nitrogens is 1. The van der Waals surface area contributed by atoms with E-state index < -0.39 is 4.92 Å². The summed E-state index contributed by atoms with van der Waals surface area (Å²) < 4.78 is 0. The molecule has 1 aromatic rings. The van der Waals surface area contributed by atoms with Crippen LogP contribution in [0.4, 0.5) is 5.69 Å². The van der Waals surface area contributed by atoms with Crippen molar-refractivity contribution in [2.24, 2.45) is 0 Å². The summed E-state index contributed by atoms with van der Waals surface area (Å²) >= 11 is 6.04. The first-order chi connectivity index (χ1) is 7.13. The highest BCUT2D eigenvalue weighted by Gasteiger charge is 2.08. The molecule has 5 heteroatoms. The molecular formula is C10H13ClN2O2. The molecule has 0 radical (unpaired) electrons. The van der Waals surface area contributed by atoms with E-state index in [0.29, 0.717) is 6.42 Å². The monoisotopic (exact) mass is 228 g/mol. The Labute approximate surface area is 93.4 Å². The Morgan fingerprint density at radius 2 is 2.33 bits per heavy atom. The quantitative estimate of drug-likeness (QED) is 0.442. The lowest BCUT2D eigenvalue weighted by Crippen LogP contribution is -2.04. The second-order valence-electron chi connectivity index (χ2n) is 3.35. The van der Waals surface area contributed by atoms with Crippen molar-refractivity contribution in [3.8, 4) is 0 Å². The van der Waals surface area contributed by atoms with Crippen molar-refractivity contribution in [3.05, 3.63) is 34.1 Å². The molecule has 0 aliphatic carbocycles. The van der Waals surface area contributed by atoms with Gasteiger partial charge in [0, 0.05) is 23.6 Å². The molecule has 0 N–H and O–H groups in total. The van der Waals surface area contributed by atoms with Crippen LogP contribution in [0.1, 0.15) is 25.5 Å². The fourth-order valence-corrected chi connectivity index (χ4v) is 1.66. The normalized spacial score (nSPS) is 12.4. The van der Waals surface area contributed by atoms with Crippen molar-refractivity contribution >= 4 is 17.3 Å². The number of nitrogens with zero attached hydrogens (tertiary/aromatic N) is 2. The van der Waals surface area contributed by atoms with Gasteiger partial charge in [-0.05, 0) is 12.5 Å². The summed E-state index contributed by atoms with van der Waals surface area (Å²) in [5, 5.41) is 10.4. The van der Waals surface area contributed by atoms with E-state index in [9.17, 15) is 10.1 Å². The molecule has 0 fully saturated rings. The van der Waals surface area contributed by atoms with Crippen LogP contribution >= 0.6 is 11.6 Å². The lowest BCUT2D eigenvalue weighted by molar-refractivity contribution is -0.385. The van der Waals surface area contributed by atoms with Crippen LogP contribution in [-0.2, 0) is 6.42 Å². The van der Waals surface area contributed by atoms with E-state index in [1.807, 2.05) is 0 Å². The molecule has 0 aliphatic rings. The van der Waals surface area contributed by atoms with Crippen LogP contribution < -0.4 is 0 Å². The van der Waals surface area contributed by atoms with Crippen LogP contribution in [-0.4, -0.2) is 15.3 Å². The summed E-state index contributed by atoms with van der Waals surface area (Å²) in [6.45, 7) is 2.07. The van der Waals surface area contributed by atoms with E-state index in [1.165, 1.54) is 12.3 Å². The highest BCUT2D eigenvalue weighted by Crippen LogP contribution is 2.14. The van der Waals surface area contributed by atoms with E-state index >= 15 is 0 Å². The third-order valence-electron chi connectivity index (χ3n) is 2.05. The van der Waals surface area contributed by atoms with Crippen LogP contribution in [0, 0.1) is 10.1 Å². The second kappa shape index (κ2) is 5.66. The fourth-order valence-electron chi connectivity index (χ4n) is 1.29. The summed E-state index contributed by atoms with van der Waals surface area (Å²) in [4.78, 5) is 13.9. The zero-order valence-corrected chi connectivity index (χ0v) is 9.28. The molecule has 4 nitrogen and oxygen atoms in total. The summed E-state index contributed by atoms with van der Waals surface area (Å²) in [5.41, 5.74) is 0.814. The molecule has 0 amide bonds. The van der Waals surface area contributed by atoms with Gasteiger partial charge in [-0.1, -0.05) is 13.3 Å². The van der Waals surface area contributed by atoms with Crippen LogP contribution in [0.2, 0.25) is 0 Å². The minimum absolute atomic E-state index is 0.0142. The Kier molecular flexibility index (Phi) is 4.49. The van der Waals surface area contributed by atoms with Crippen molar-refractivity contribution in [2.45, 2.75) is 31.6 Å². The van der Waals surface area contributed by atoms with Gasteiger partial charge in [-0.3, -0.25) is 15.1 Å². The Bertz CT molecular complexity index is 327. The van der Waals surface area contributed by atoms with Crippen molar-refractivity contribution in [2.75, 3.05) is 0 Å². The van der Waals surface area contributed by atoms with Crippen molar-refractivity contribution in [3.63, 3.8) is 0 Å². The molecule has 1 unspecified atom stereocenters. The second-order valence-corrected chi connectivity index (χ2v) is 3.97. The highest BCUT2D eigenvalue weighted by atomic mass is 35.5. The Morgan fingerprint density at radius 1 is 1.60 bits per heavy atom. The zero-order chi connectivity index (χ0) is 11.3. The number of pyridine rings is 1. The number of alkyl halides is 1. The van der Waals surface area contributed by atoms with Crippen LogP contribution in [0.5, 0.6) is 0 Å². The maximum Gasteiger partial charge on any atom is 0.287 e. The summed E-state index contributed by atoms with van der Waals surface area (Å²) in [5.74, 6) is 0. The van der Waals surface area contributed by atoms with Gasteiger partial charge in [0.15, 0.2) is 0 Å². The minimum atomic E-state index is -0.457. The SMILES string of the molecule is CCCC(Cl)Cc1ccc([N+](=O)[O-])cn1. The molecule has 0 spiro atoms. The van der Waals surface area contributed by atoms with Gasteiger partial charge in [0.25, 0.3) is 5.69 Å². The average Bonchev–Trinajstić information content (AvgIpc) is 2.18.